The van der Waals surface area contributed by atoms with Crippen LogP contribution in [0.25, 0.3) is 0 Å². The zero-order valence-electron chi connectivity index (χ0n) is 18.0. The second-order valence-corrected chi connectivity index (χ2v) is 6.98. The lowest BCUT2D eigenvalue weighted by Gasteiger charge is -2.26. The van der Waals surface area contributed by atoms with Gasteiger partial charge in [0.05, 0.1) is 13.7 Å². The van der Waals surface area contributed by atoms with Gasteiger partial charge in [-0.1, -0.05) is 31.5 Å². The van der Waals surface area contributed by atoms with E-state index in [1.165, 1.54) is 7.11 Å². The molecular weight excluding hydrogens is 384 g/mol. The maximum absolute atomic E-state index is 12.6. The predicted molar refractivity (Wildman–Crippen MR) is 116 cm³/mol. The van der Waals surface area contributed by atoms with Gasteiger partial charge in [0.15, 0.2) is 18.1 Å². The van der Waals surface area contributed by atoms with Crippen molar-refractivity contribution < 1.29 is 23.9 Å². The molecule has 2 rings (SSSR count). The molecule has 0 saturated carbocycles. The Morgan fingerprint density at radius 1 is 1.07 bits per heavy atom. The van der Waals surface area contributed by atoms with Gasteiger partial charge in [0.2, 0.25) is 0 Å². The third-order valence-corrected chi connectivity index (χ3v) is 4.36. The average Bonchev–Trinajstić information content (AvgIpc) is 2.74. The van der Waals surface area contributed by atoms with Crippen molar-refractivity contribution >= 4 is 17.5 Å². The zero-order chi connectivity index (χ0) is 21.9. The zero-order valence-corrected chi connectivity index (χ0v) is 18.0. The van der Waals surface area contributed by atoms with Gasteiger partial charge >= 0.3 is 0 Å². The third kappa shape index (κ3) is 6.49. The Kier molecular flexibility index (Phi) is 9.15. The predicted octanol–water partition coefficient (Wildman–Crippen LogP) is 3.98. The molecule has 2 aromatic rings. The SMILES string of the molecule is CCCCOc1ccc(C(=O)NOCC(=O)N(c2ccccc2)C(C)C)cc1OC. The maximum atomic E-state index is 12.6. The Morgan fingerprint density at radius 3 is 2.43 bits per heavy atom. The minimum absolute atomic E-state index is 0.0521. The Morgan fingerprint density at radius 2 is 1.80 bits per heavy atom. The van der Waals surface area contributed by atoms with Gasteiger partial charge in [0.1, 0.15) is 0 Å². The fraction of sp³-hybridized carbons (Fsp3) is 0.391. The standard InChI is InChI=1S/C23H30N2O5/c1-5-6-14-29-20-13-12-18(15-21(20)28-4)23(27)24-30-16-22(26)25(17(2)3)19-10-8-7-9-11-19/h7-13,15,17H,5-6,14,16H2,1-4H3,(H,24,27). The summed E-state index contributed by atoms with van der Waals surface area (Å²) in [6.07, 6.45) is 1.96. The van der Waals surface area contributed by atoms with E-state index >= 15 is 0 Å². The lowest BCUT2D eigenvalue weighted by atomic mass is 10.2. The number of hydrogen-bond donors (Lipinski definition) is 1. The van der Waals surface area contributed by atoms with Gasteiger partial charge in [-0.2, -0.15) is 0 Å². The van der Waals surface area contributed by atoms with Gasteiger partial charge < -0.3 is 14.4 Å². The Labute approximate surface area is 177 Å². The van der Waals surface area contributed by atoms with Crippen LogP contribution in [0.15, 0.2) is 48.5 Å². The number of hydroxylamine groups is 1. The van der Waals surface area contributed by atoms with E-state index in [0.717, 1.165) is 18.5 Å². The second-order valence-electron chi connectivity index (χ2n) is 6.98. The molecule has 0 aliphatic heterocycles. The molecule has 162 valence electrons. The van der Waals surface area contributed by atoms with Crippen LogP contribution in [0.2, 0.25) is 0 Å². The molecule has 0 aliphatic carbocycles. The quantitative estimate of drug-likeness (QED) is 0.445. The topological polar surface area (TPSA) is 77.1 Å². The average molecular weight is 415 g/mol. The summed E-state index contributed by atoms with van der Waals surface area (Å²) >= 11 is 0. The highest BCUT2D eigenvalue weighted by atomic mass is 16.7. The number of hydrogen-bond acceptors (Lipinski definition) is 5. The third-order valence-electron chi connectivity index (χ3n) is 4.36. The van der Waals surface area contributed by atoms with E-state index in [4.69, 9.17) is 14.3 Å². The van der Waals surface area contributed by atoms with Crippen LogP contribution >= 0.6 is 0 Å². The first-order chi connectivity index (χ1) is 14.5. The van der Waals surface area contributed by atoms with E-state index in [0.29, 0.717) is 23.7 Å². The molecule has 0 bridgehead atoms. The van der Waals surface area contributed by atoms with Crippen LogP contribution in [-0.4, -0.2) is 38.2 Å². The molecule has 30 heavy (non-hydrogen) atoms. The molecule has 0 atom stereocenters. The summed E-state index contributed by atoms with van der Waals surface area (Å²) in [5.74, 6) is 0.310. The number of unbranched alkanes of at least 4 members (excludes halogenated alkanes) is 1. The molecule has 7 nitrogen and oxygen atoms in total. The van der Waals surface area contributed by atoms with Crippen LogP contribution < -0.4 is 19.9 Å². The number of ether oxygens (including phenoxy) is 2. The van der Waals surface area contributed by atoms with Gasteiger partial charge in [-0.15, -0.1) is 0 Å². The van der Waals surface area contributed by atoms with E-state index in [2.05, 4.69) is 12.4 Å². The van der Waals surface area contributed by atoms with Gasteiger partial charge in [-0.05, 0) is 50.6 Å². The molecule has 0 saturated heterocycles. The van der Waals surface area contributed by atoms with Gasteiger partial charge in [-0.3, -0.25) is 14.4 Å². The normalized spacial score (nSPS) is 10.6. The lowest BCUT2D eigenvalue weighted by molar-refractivity contribution is -0.125. The van der Waals surface area contributed by atoms with Crippen LogP contribution in [0.4, 0.5) is 5.69 Å². The van der Waals surface area contributed by atoms with Gasteiger partial charge in [0, 0.05) is 17.3 Å². The molecule has 0 aliphatic rings. The van der Waals surface area contributed by atoms with E-state index in [-0.39, 0.29) is 18.6 Å². The van der Waals surface area contributed by atoms with Crippen LogP contribution in [0.1, 0.15) is 44.0 Å². The largest absolute Gasteiger partial charge is 0.493 e. The first-order valence-electron chi connectivity index (χ1n) is 10.1. The van der Waals surface area contributed by atoms with E-state index in [1.54, 1.807) is 23.1 Å². The highest BCUT2D eigenvalue weighted by molar-refractivity contribution is 5.96. The molecule has 0 unspecified atom stereocenters. The molecular formula is C23H30N2O5. The van der Waals surface area contributed by atoms with Crippen molar-refractivity contribution in [1.29, 1.82) is 0 Å². The van der Waals surface area contributed by atoms with E-state index < -0.39 is 5.91 Å². The van der Waals surface area contributed by atoms with Gasteiger partial charge in [0.25, 0.3) is 11.8 Å². The number of carbonyl (C=O) groups is 2. The number of anilines is 1. The minimum Gasteiger partial charge on any atom is -0.493 e. The number of benzene rings is 2. The number of methoxy groups -OCH3 is 1. The van der Waals surface area contributed by atoms with Crippen molar-refractivity contribution in [3.63, 3.8) is 0 Å². The van der Waals surface area contributed by atoms with Crippen LogP contribution in [-0.2, 0) is 9.63 Å². The Hall–Kier alpha value is -3.06. The summed E-state index contributed by atoms with van der Waals surface area (Å²) in [6.45, 7) is 6.21. The van der Waals surface area contributed by atoms with Crippen LogP contribution in [0, 0.1) is 0 Å². The summed E-state index contributed by atoms with van der Waals surface area (Å²) in [6, 6.07) is 14.2. The number of para-hydroxylation sites is 1. The van der Waals surface area contributed by atoms with Crippen LogP contribution in [0.5, 0.6) is 11.5 Å². The summed E-state index contributed by atoms with van der Waals surface area (Å²) in [4.78, 5) is 31.8. The number of rotatable bonds is 11. The minimum atomic E-state index is -0.475. The first kappa shape index (κ1) is 23.2. The molecule has 7 heteroatoms. The van der Waals surface area contributed by atoms with E-state index in [1.807, 2.05) is 44.2 Å². The van der Waals surface area contributed by atoms with E-state index in [9.17, 15) is 9.59 Å². The molecule has 1 N–H and O–H groups in total. The molecule has 0 aromatic heterocycles. The number of carbonyl (C=O) groups excluding carboxylic acids is 2. The van der Waals surface area contributed by atoms with Crippen LogP contribution in [0.3, 0.4) is 0 Å². The van der Waals surface area contributed by atoms with Crippen molar-refractivity contribution in [2.24, 2.45) is 0 Å². The lowest BCUT2D eigenvalue weighted by Crippen LogP contribution is -2.41. The van der Waals surface area contributed by atoms with Crippen molar-refractivity contribution in [3.8, 4) is 11.5 Å². The van der Waals surface area contributed by atoms with Crippen molar-refractivity contribution in [3.05, 3.63) is 54.1 Å². The monoisotopic (exact) mass is 414 g/mol. The highest BCUT2D eigenvalue weighted by Gasteiger charge is 2.20. The fourth-order valence-corrected chi connectivity index (χ4v) is 2.87. The molecule has 2 aromatic carbocycles. The summed E-state index contributed by atoms with van der Waals surface area (Å²) in [7, 11) is 1.52. The second kappa shape index (κ2) is 11.8. The number of nitrogens with zero attached hydrogens (tertiary/aromatic N) is 1. The van der Waals surface area contributed by atoms with Crippen molar-refractivity contribution in [2.75, 3.05) is 25.2 Å². The molecule has 0 radical (unpaired) electrons. The molecule has 2 amide bonds. The summed E-state index contributed by atoms with van der Waals surface area (Å²) < 4.78 is 11.0. The number of nitrogens with one attached hydrogen (secondary N) is 1. The van der Waals surface area contributed by atoms with Gasteiger partial charge in [-0.25, -0.2) is 5.48 Å². The summed E-state index contributed by atoms with van der Waals surface area (Å²) in [5.41, 5.74) is 3.43. The Balaban J connectivity index is 1.94. The molecule has 0 heterocycles. The smallest absolute Gasteiger partial charge is 0.274 e. The highest BCUT2D eigenvalue weighted by Crippen LogP contribution is 2.28. The summed E-state index contributed by atoms with van der Waals surface area (Å²) in [5, 5.41) is 0. The molecule has 0 fully saturated rings. The van der Waals surface area contributed by atoms with Crippen molar-refractivity contribution in [1.82, 2.24) is 5.48 Å². The number of amides is 2. The maximum Gasteiger partial charge on any atom is 0.274 e. The fourth-order valence-electron chi connectivity index (χ4n) is 2.87. The molecule has 0 spiro atoms. The van der Waals surface area contributed by atoms with Crippen molar-refractivity contribution in [2.45, 2.75) is 39.7 Å². The first-order valence-corrected chi connectivity index (χ1v) is 10.1. The Bertz CT molecular complexity index is 824.